The largest absolute Gasteiger partial charge is 0.390 e. The maximum Gasteiger partial charge on any atom is 0.0384 e. The Morgan fingerprint density at radius 1 is 1.25 bits per heavy atom. The maximum absolute atomic E-state index is 3.31. The minimum absolute atomic E-state index is 1.05. The van der Waals surface area contributed by atoms with Crippen LogP contribution < -0.4 is 5.32 Å². The standard InChI is InChI=1S/C14H20N2/c1-12-8-9-16(11-14(12)15-2)10-13-6-4-3-5-7-13/h3-7,15H,8-11H2,1-2H3. The van der Waals surface area contributed by atoms with Crippen LogP contribution in [0.4, 0.5) is 0 Å². The molecule has 1 N–H and O–H groups in total. The van der Waals surface area contributed by atoms with E-state index in [-0.39, 0.29) is 0 Å². The van der Waals surface area contributed by atoms with Crippen LogP contribution in [0.5, 0.6) is 0 Å². The molecule has 16 heavy (non-hydrogen) atoms. The summed E-state index contributed by atoms with van der Waals surface area (Å²) in [6.07, 6.45) is 1.18. The van der Waals surface area contributed by atoms with Crippen LogP contribution in [-0.2, 0) is 6.54 Å². The first-order chi connectivity index (χ1) is 7.79. The lowest BCUT2D eigenvalue weighted by atomic mass is 10.1. The molecule has 0 atom stereocenters. The van der Waals surface area contributed by atoms with Crippen LogP contribution in [0.25, 0.3) is 0 Å². The highest BCUT2D eigenvalue weighted by Gasteiger charge is 2.15. The fourth-order valence-corrected chi connectivity index (χ4v) is 2.18. The van der Waals surface area contributed by atoms with E-state index in [1.54, 1.807) is 0 Å². The van der Waals surface area contributed by atoms with Crippen molar-refractivity contribution < 1.29 is 0 Å². The molecule has 0 saturated heterocycles. The molecule has 0 bridgehead atoms. The Morgan fingerprint density at radius 2 is 2.00 bits per heavy atom. The molecular weight excluding hydrogens is 196 g/mol. The highest BCUT2D eigenvalue weighted by atomic mass is 15.1. The zero-order valence-corrected chi connectivity index (χ0v) is 10.2. The van der Waals surface area contributed by atoms with E-state index in [2.05, 4.69) is 47.5 Å². The van der Waals surface area contributed by atoms with Gasteiger partial charge in [0, 0.05) is 32.4 Å². The minimum Gasteiger partial charge on any atom is -0.390 e. The van der Waals surface area contributed by atoms with Crippen molar-refractivity contribution in [2.45, 2.75) is 19.9 Å². The Balaban J connectivity index is 1.99. The van der Waals surface area contributed by atoms with Crippen molar-refractivity contribution in [2.24, 2.45) is 0 Å². The predicted octanol–water partition coefficient (Wildman–Crippen LogP) is 2.39. The van der Waals surface area contributed by atoms with Crippen molar-refractivity contribution in [1.82, 2.24) is 10.2 Å². The van der Waals surface area contributed by atoms with Gasteiger partial charge in [-0.25, -0.2) is 0 Å². The van der Waals surface area contributed by atoms with E-state index in [0.717, 1.165) is 13.1 Å². The Labute approximate surface area is 98.0 Å². The third kappa shape index (κ3) is 2.64. The van der Waals surface area contributed by atoms with Crippen LogP contribution in [0, 0.1) is 0 Å². The monoisotopic (exact) mass is 216 g/mol. The van der Waals surface area contributed by atoms with E-state index in [9.17, 15) is 0 Å². The van der Waals surface area contributed by atoms with Gasteiger partial charge in [-0.2, -0.15) is 0 Å². The Bertz CT molecular complexity index is 368. The number of nitrogens with one attached hydrogen (secondary N) is 1. The second-order valence-electron chi connectivity index (χ2n) is 4.46. The molecule has 1 aromatic carbocycles. The molecule has 2 rings (SSSR count). The first-order valence-electron chi connectivity index (χ1n) is 5.92. The van der Waals surface area contributed by atoms with Crippen molar-refractivity contribution in [3.05, 3.63) is 47.2 Å². The summed E-state index contributed by atoms with van der Waals surface area (Å²) in [5.74, 6) is 0. The van der Waals surface area contributed by atoms with Crippen LogP contribution in [0.2, 0.25) is 0 Å². The molecular formula is C14H20N2. The van der Waals surface area contributed by atoms with Crippen molar-refractivity contribution in [2.75, 3.05) is 20.1 Å². The van der Waals surface area contributed by atoms with Gasteiger partial charge in [-0.15, -0.1) is 0 Å². The maximum atomic E-state index is 3.31. The molecule has 2 nitrogen and oxygen atoms in total. The van der Waals surface area contributed by atoms with Gasteiger partial charge >= 0.3 is 0 Å². The number of rotatable bonds is 3. The quantitative estimate of drug-likeness (QED) is 0.834. The first kappa shape index (κ1) is 11.2. The molecule has 0 fully saturated rings. The second kappa shape index (κ2) is 5.17. The Kier molecular flexibility index (Phi) is 3.62. The van der Waals surface area contributed by atoms with Gasteiger partial charge in [0.2, 0.25) is 0 Å². The van der Waals surface area contributed by atoms with Gasteiger partial charge < -0.3 is 5.32 Å². The second-order valence-corrected chi connectivity index (χ2v) is 4.46. The number of benzene rings is 1. The minimum atomic E-state index is 1.05. The smallest absolute Gasteiger partial charge is 0.0384 e. The van der Waals surface area contributed by atoms with E-state index in [0.29, 0.717) is 0 Å². The van der Waals surface area contributed by atoms with Crippen LogP contribution in [0.3, 0.4) is 0 Å². The zero-order chi connectivity index (χ0) is 11.4. The topological polar surface area (TPSA) is 15.3 Å². The third-order valence-corrected chi connectivity index (χ3v) is 3.25. The molecule has 1 heterocycles. The lowest BCUT2D eigenvalue weighted by molar-refractivity contribution is 0.271. The lowest BCUT2D eigenvalue weighted by Gasteiger charge is -2.29. The van der Waals surface area contributed by atoms with Gasteiger partial charge in [0.15, 0.2) is 0 Å². The summed E-state index contributed by atoms with van der Waals surface area (Å²) in [4.78, 5) is 2.49. The normalized spacial score (nSPS) is 17.6. The fraction of sp³-hybridized carbons (Fsp3) is 0.429. The molecule has 1 aromatic rings. The Morgan fingerprint density at radius 3 is 2.69 bits per heavy atom. The van der Waals surface area contributed by atoms with Gasteiger partial charge in [-0.3, -0.25) is 4.90 Å². The molecule has 86 valence electrons. The van der Waals surface area contributed by atoms with E-state index in [1.807, 2.05) is 7.05 Å². The van der Waals surface area contributed by atoms with E-state index < -0.39 is 0 Å². The summed E-state index contributed by atoms with van der Waals surface area (Å²) < 4.78 is 0. The molecule has 0 spiro atoms. The first-order valence-corrected chi connectivity index (χ1v) is 5.92. The van der Waals surface area contributed by atoms with Crippen molar-refractivity contribution >= 4 is 0 Å². The summed E-state index contributed by atoms with van der Waals surface area (Å²) >= 11 is 0. The lowest BCUT2D eigenvalue weighted by Crippen LogP contribution is -2.34. The summed E-state index contributed by atoms with van der Waals surface area (Å²) in [7, 11) is 2.02. The number of likely N-dealkylation sites (N-methyl/N-ethyl adjacent to an activating group) is 1. The predicted molar refractivity (Wildman–Crippen MR) is 68.1 cm³/mol. The summed E-state index contributed by atoms with van der Waals surface area (Å²) in [5.41, 5.74) is 4.30. The van der Waals surface area contributed by atoms with Crippen LogP contribution in [-0.4, -0.2) is 25.0 Å². The van der Waals surface area contributed by atoms with Crippen LogP contribution >= 0.6 is 0 Å². The number of hydrogen-bond acceptors (Lipinski definition) is 2. The SMILES string of the molecule is CNC1=C(C)CCN(Cc2ccccc2)C1. The average molecular weight is 216 g/mol. The average Bonchev–Trinajstić information content (AvgIpc) is 2.33. The van der Waals surface area contributed by atoms with Crippen LogP contribution in [0.1, 0.15) is 18.9 Å². The molecule has 1 aliphatic heterocycles. The summed E-state index contributed by atoms with van der Waals surface area (Å²) in [6.45, 7) is 5.51. The third-order valence-electron chi connectivity index (χ3n) is 3.25. The molecule has 0 radical (unpaired) electrons. The van der Waals surface area contributed by atoms with Crippen molar-refractivity contribution in [1.29, 1.82) is 0 Å². The van der Waals surface area contributed by atoms with Gasteiger partial charge in [0.05, 0.1) is 0 Å². The van der Waals surface area contributed by atoms with E-state index >= 15 is 0 Å². The van der Waals surface area contributed by atoms with Gasteiger partial charge in [0.25, 0.3) is 0 Å². The summed E-state index contributed by atoms with van der Waals surface area (Å²) in [5, 5.41) is 3.31. The van der Waals surface area contributed by atoms with Gasteiger partial charge in [-0.05, 0) is 18.9 Å². The summed E-state index contributed by atoms with van der Waals surface area (Å²) in [6, 6.07) is 10.7. The van der Waals surface area contributed by atoms with Crippen molar-refractivity contribution in [3.63, 3.8) is 0 Å². The zero-order valence-electron chi connectivity index (χ0n) is 10.2. The van der Waals surface area contributed by atoms with E-state index in [1.165, 1.54) is 29.8 Å². The molecule has 1 aliphatic rings. The Hall–Kier alpha value is -1.28. The number of hydrogen-bond donors (Lipinski definition) is 1. The molecule has 0 unspecified atom stereocenters. The molecule has 0 amide bonds. The molecule has 0 aliphatic carbocycles. The van der Waals surface area contributed by atoms with Crippen LogP contribution in [0.15, 0.2) is 41.6 Å². The highest BCUT2D eigenvalue weighted by molar-refractivity contribution is 5.18. The molecule has 0 saturated carbocycles. The fourth-order valence-electron chi connectivity index (χ4n) is 2.18. The highest BCUT2D eigenvalue weighted by Crippen LogP contribution is 2.17. The van der Waals surface area contributed by atoms with Gasteiger partial charge in [-0.1, -0.05) is 35.9 Å². The molecule has 0 aromatic heterocycles. The van der Waals surface area contributed by atoms with Crippen molar-refractivity contribution in [3.8, 4) is 0 Å². The van der Waals surface area contributed by atoms with E-state index in [4.69, 9.17) is 0 Å². The number of nitrogens with zero attached hydrogens (tertiary/aromatic N) is 1. The molecule has 2 heteroatoms. The van der Waals surface area contributed by atoms with Gasteiger partial charge in [0.1, 0.15) is 0 Å².